The first-order valence-corrected chi connectivity index (χ1v) is 4.65. The van der Waals surface area contributed by atoms with Crippen molar-refractivity contribution in [3.8, 4) is 0 Å². The van der Waals surface area contributed by atoms with Crippen LogP contribution in [0.4, 0.5) is 5.69 Å². The molecule has 1 N–H and O–H groups in total. The third-order valence-corrected chi connectivity index (χ3v) is 2.54. The Kier molecular flexibility index (Phi) is 3.71. The van der Waals surface area contributed by atoms with Gasteiger partial charge in [0.15, 0.2) is 0 Å². The van der Waals surface area contributed by atoms with Crippen LogP contribution < -0.4 is 10.2 Å². The number of carbonyl (C=O) groups is 1. The van der Waals surface area contributed by atoms with Crippen molar-refractivity contribution >= 4 is 24.0 Å². The lowest BCUT2D eigenvalue weighted by molar-refractivity contribution is -0.123. The first-order valence-electron chi connectivity index (χ1n) is 4.65. The van der Waals surface area contributed by atoms with E-state index in [-0.39, 0.29) is 24.2 Å². The van der Waals surface area contributed by atoms with Crippen molar-refractivity contribution in [3.63, 3.8) is 0 Å². The van der Waals surface area contributed by atoms with E-state index in [0.717, 1.165) is 18.8 Å². The van der Waals surface area contributed by atoms with Gasteiger partial charge in [0.2, 0.25) is 5.91 Å². The van der Waals surface area contributed by atoms with Crippen LogP contribution in [-0.4, -0.2) is 35.8 Å². The summed E-state index contributed by atoms with van der Waals surface area (Å²) in [5, 5.41) is 7.12. The molecule has 1 aliphatic rings. The van der Waals surface area contributed by atoms with Crippen molar-refractivity contribution in [2.24, 2.45) is 13.0 Å². The van der Waals surface area contributed by atoms with Gasteiger partial charge in [-0.1, -0.05) is 0 Å². The number of carbonyl (C=O) groups excluding carboxylic acids is 1. The topological polar surface area (TPSA) is 50.2 Å². The number of halogens is 1. The van der Waals surface area contributed by atoms with Crippen molar-refractivity contribution in [1.82, 2.24) is 15.1 Å². The Bertz CT molecular complexity index is 348. The van der Waals surface area contributed by atoms with Gasteiger partial charge < -0.3 is 10.2 Å². The Morgan fingerprint density at radius 3 is 2.73 bits per heavy atom. The maximum absolute atomic E-state index is 11.8. The van der Waals surface area contributed by atoms with E-state index in [9.17, 15) is 4.79 Å². The Labute approximate surface area is 94.8 Å². The zero-order valence-electron chi connectivity index (χ0n) is 8.80. The smallest absolute Gasteiger partial charge is 0.232 e. The average Bonchev–Trinajstić information content (AvgIpc) is 2.47. The van der Waals surface area contributed by atoms with Crippen molar-refractivity contribution in [3.05, 3.63) is 12.4 Å². The molecule has 1 aliphatic heterocycles. The molecular formula is C9H15ClN4O. The van der Waals surface area contributed by atoms with E-state index in [1.54, 1.807) is 22.8 Å². The maximum Gasteiger partial charge on any atom is 0.232 e. The highest BCUT2D eigenvalue weighted by Gasteiger charge is 2.28. The average molecular weight is 231 g/mol. The van der Waals surface area contributed by atoms with Crippen molar-refractivity contribution in [1.29, 1.82) is 0 Å². The number of rotatable bonds is 2. The van der Waals surface area contributed by atoms with Crippen LogP contribution in [0.1, 0.15) is 0 Å². The van der Waals surface area contributed by atoms with Crippen LogP contribution in [0.25, 0.3) is 0 Å². The molecule has 0 atom stereocenters. The van der Waals surface area contributed by atoms with E-state index >= 15 is 0 Å². The molecule has 1 saturated heterocycles. The number of nitrogens with one attached hydrogen (secondary N) is 1. The van der Waals surface area contributed by atoms with E-state index < -0.39 is 0 Å². The second kappa shape index (κ2) is 4.63. The molecule has 0 spiro atoms. The molecule has 0 bridgehead atoms. The fourth-order valence-corrected chi connectivity index (χ4v) is 1.45. The first-order chi connectivity index (χ1) is 6.68. The summed E-state index contributed by atoms with van der Waals surface area (Å²) in [5.41, 5.74) is 0.851. The van der Waals surface area contributed by atoms with Gasteiger partial charge in [0.1, 0.15) is 0 Å². The zero-order valence-corrected chi connectivity index (χ0v) is 9.62. The summed E-state index contributed by atoms with van der Waals surface area (Å²) in [6.07, 6.45) is 3.54. The van der Waals surface area contributed by atoms with Crippen LogP contribution >= 0.6 is 12.4 Å². The lowest BCUT2D eigenvalue weighted by Gasteiger charge is -2.29. The first kappa shape index (κ1) is 12.0. The van der Waals surface area contributed by atoms with Crippen molar-refractivity contribution in [2.75, 3.05) is 25.0 Å². The summed E-state index contributed by atoms with van der Waals surface area (Å²) >= 11 is 0. The SMILES string of the molecule is CN(C(=O)C1CNC1)c1cnn(C)c1.Cl. The van der Waals surface area contributed by atoms with Gasteiger partial charge in [-0.15, -0.1) is 12.4 Å². The highest BCUT2D eigenvalue weighted by Crippen LogP contribution is 2.15. The summed E-state index contributed by atoms with van der Waals surface area (Å²) in [4.78, 5) is 13.4. The minimum Gasteiger partial charge on any atom is -0.315 e. The molecule has 15 heavy (non-hydrogen) atoms. The van der Waals surface area contributed by atoms with E-state index in [0.29, 0.717) is 0 Å². The molecule has 84 valence electrons. The van der Waals surface area contributed by atoms with E-state index in [1.807, 2.05) is 13.2 Å². The van der Waals surface area contributed by atoms with Crippen LogP contribution in [0.3, 0.4) is 0 Å². The van der Waals surface area contributed by atoms with Gasteiger partial charge >= 0.3 is 0 Å². The fraction of sp³-hybridized carbons (Fsp3) is 0.556. The third kappa shape index (κ3) is 2.30. The second-order valence-corrected chi connectivity index (χ2v) is 3.62. The number of aryl methyl sites for hydroxylation is 1. The zero-order chi connectivity index (χ0) is 10.1. The monoisotopic (exact) mass is 230 g/mol. The van der Waals surface area contributed by atoms with Gasteiger partial charge in [0.25, 0.3) is 0 Å². The summed E-state index contributed by atoms with van der Waals surface area (Å²) < 4.78 is 1.69. The minimum absolute atomic E-state index is 0. The number of aromatic nitrogens is 2. The Balaban J connectivity index is 0.00000112. The highest BCUT2D eigenvalue weighted by molar-refractivity contribution is 5.95. The summed E-state index contributed by atoms with van der Waals surface area (Å²) in [6.45, 7) is 1.59. The Morgan fingerprint density at radius 2 is 2.33 bits per heavy atom. The van der Waals surface area contributed by atoms with Crippen LogP contribution in [0.2, 0.25) is 0 Å². The highest BCUT2D eigenvalue weighted by atomic mass is 35.5. The molecule has 2 rings (SSSR count). The van der Waals surface area contributed by atoms with Crippen LogP contribution in [0, 0.1) is 5.92 Å². The van der Waals surface area contributed by atoms with Gasteiger partial charge in [-0.05, 0) is 0 Å². The van der Waals surface area contributed by atoms with E-state index in [1.165, 1.54) is 0 Å². The van der Waals surface area contributed by atoms with Crippen LogP contribution in [-0.2, 0) is 11.8 Å². The fourth-order valence-electron chi connectivity index (χ4n) is 1.45. The molecule has 0 aliphatic carbocycles. The second-order valence-electron chi connectivity index (χ2n) is 3.62. The predicted molar refractivity (Wildman–Crippen MR) is 60.2 cm³/mol. The van der Waals surface area contributed by atoms with Gasteiger partial charge in [-0.3, -0.25) is 9.48 Å². The summed E-state index contributed by atoms with van der Waals surface area (Å²) in [6, 6.07) is 0. The number of anilines is 1. The van der Waals surface area contributed by atoms with Crippen molar-refractivity contribution < 1.29 is 4.79 Å². The van der Waals surface area contributed by atoms with E-state index in [4.69, 9.17) is 0 Å². The van der Waals surface area contributed by atoms with Gasteiger partial charge in [-0.25, -0.2) is 0 Å². The predicted octanol–water partition coefficient (Wildman–Crippen LogP) is 0.0241. The molecule has 0 unspecified atom stereocenters. The molecule has 1 aromatic heterocycles. The summed E-state index contributed by atoms with van der Waals surface area (Å²) in [7, 11) is 3.63. The molecule has 2 heterocycles. The molecule has 1 fully saturated rings. The standard InChI is InChI=1S/C9H14N4O.ClH/c1-12-6-8(5-11-12)13(2)9(14)7-3-10-4-7;/h5-7,10H,3-4H2,1-2H3;1H. The Morgan fingerprint density at radius 1 is 1.67 bits per heavy atom. The molecule has 0 aromatic carbocycles. The molecule has 6 heteroatoms. The van der Waals surface area contributed by atoms with Gasteiger partial charge in [0.05, 0.1) is 17.8 Å². The van der Waals surface area contributed by atoms with Crippen molar-refractivity contribution in [2.45, 2.75) is 0 Å². The lowest BCUT2D eigenvalue weighted by atomic mass is 10.0. The van der Waals surface area contributed by atoms with Gasteiger partial charge in [0, 0.05) is 33.4 Å². The number of hydrogen-bond acceptors (Lipinski definition) is 3. The molecule has 1 amide bonds. The maximum atomic E-state index is 11.8. The number of nitrogens with zero attached hydrogens (tertiary/aromatic N) is 3. The Hall–Kier alpha value is -1.07. The van der Waals surface area contributed by atoms with Crippen LogP contribution in [0.15, 0.2) is 12.4 Å². The lowest BCUT2D eigenvalue weighted by Crippen LogP contribution is -2.51. The largest absolute Gasteiger partial charge is 0.315 e. The number of hydrogen-bond donors (Lipinski definition) is 1. The van der Waals surface area contributed by atoms with E-state index in [2.05, 4.69) is 10.4 Å². The third-order valence-electron chi connectivity index (χ3n) is 2.54. The molecule has 5 nitrogen and oxygen atoms in total. The van der Waals surface area contributed by atoms with Gasteiger partial charge in [-0.2, -0.15) is 5.10 Å². The molecular weight excluding hydrogens is 216 g/mol. The van der Waals surface area contributed by atoms with Crippen LogP contribution in [0.5, 0.6) is 0 Å². The normalized spacial score (nSPS) is 15.3. The molecule has 1 aromatic rings. The molecule has 0 radical (unpaired) electrons. The summed E-state index contributed by atoms with van der Waals surface area (Å²) in [5.74, 6) is 0.303. The molecule has 0 saturated carbocycles. The number of amides is 1. The quantitative estimate of drug-likeness (QED) is 0.780. The minimum atomic E-state index is 0.